The molecule has 0 aromatic heterocycles. The van der Waals surface area contributed by atoms with E-state index in [2.05, 4.69) is 0 Å². The molecule has 1 rings (SSSR count). The molecule has 0 bridgehead atoms. The minimum absolute atomic E-state index is 0.0120. The van der Waals surface area contributed by atoms with Crippen molar-refractivity contribution in [1.82, 2.24) is 5.06 Å². The van der Waals surface area contributed by atoms with Gasteiger partial charge in [0.25, 0.3) is 0 Å². The van der Waals surface area contributed by atoms with Crippen LogP contribution < -0.4 is 0 Å². The third-order valence-corrected chi connectivity index (χ3v) is 2.82. The molecule has 0 aromatic rings. The van der Waals surface area contributed by atoms with Crippen LogP contribution in [0.2, 0.25) is 0 Å². The standard InChI is InChI=1S/C12H21NO5/c1-12(2,3)18-13-6-8(4-10(14)15)9(7-13)5-11(16)17/h8-9H,4-7H2,1-3H3,(H,14,15)(H,16,17). The van der Waals surface area contributed by atoms with Gasteiger partial charge >= 0.3 is 11.9 Å². The number of hydrogen-bond acceptors (Lipinski definition) is 4. The van der Waals surface area contributed by atoms with E-state index < -0.39 is 11.9 Å². The lowest BCUT2D eigenvalue weighted by molar-refractivity contribution is -0.219. The summed E-state index contributed by atoms with van der Waals surface area (Å²) in [5.74, 6) is -2.12. The van der Waals surface area contributed by atoms with Crippen molar-refractivity contribution in [2.75, 3.05) is 13.1 Å². The number of carboxylic acid groups (broad SMARTS) is 2. The summed E-state index contributed by atoms with van der Waals surface area (Å²) in [6.45, 7) is 6.67. The van der Waals surface area contributed by atoms with E-state index in [1.807, 2.05) is 20.8 Å². The molecule has 18 heavy (non-hydrogen) atoms. The van der Waals surface area contributed by atoms with Gasteiger partial charge in [-0.25, -0.2) is 0 Å². The first-order valence-electron chi connectivity index (χ1n) is 6.05. The van der Waals surface area contributed by atoms with E-state index in [0.717, 1.165) is 0 Å². The van der Waals surface area contributed by atoms with Crippen LogP contribution >= 0.6 is 0 Å². The van der Waals surface area contributed by atoms with Crippen LogP contribution in [0.5, 0.6) is 0 Å². The highest BCUT2D eigenvalue weighted by Crippen LogP contribution is 2.30. The van der Waals surface area contributed by atoms with Crippen molar-refractivity contribution in [2.24, 2.45) is 11.8 Å². The predicted molar refractivity (Wildman–Crippen MR) is 63.9 cm³/mol. The molecule has 0 saturated carbocycles. The van der Waals surface area contributed by atoms with Crippen LogP contribution in [0.1, 0.15) is 33.6 Å². The number of hydrogen-bond donors (Lipinski definition) is 2. The molecular formula is C12H21NO5. The first-order valence-corrected chi connectivity index (χ1v) is 6.05. The van der Waals surface area contributed by atoms with Gasteiger partial charge < -0.3 is 10.2 Å². The molecule has 0 aromatic carbocycles. The van der Waals surface area contributed by atoms with E-state index in [0.29, 0.717) is 13.1 Å². The molecule has 6 nitrogen and oxygen atoms in total. The van der Waals surface area contributed by atoms with Crippen LogP contribution in [0, 0.1) is 11.8 Å². The normalized spacial score (nSPS) is 25.3. The molecule has 1 heterocycles. The van der Waals surface area contributed by atoms with Crippen molar-refractivity contribution < 1.29 is 24.6 Å². The molecule has 0 spiro atoms. The van der Waals surface area contributed by atoms with E-state index in [4.69, 9.17) is 15.1 Å². The largest absolute Gasteiger partial charge is 0.481 e. The summed E-state index contributed by atoms with van der Waals surface area (Å²) in [6.07, 6.45) is -0.0239. The van der Waals surface area contributed by atoms with Gasteiger partial charge in [-0.2, -0.15) is 5.06 Å². The molecule has 0 aliphatic carbocycles. The highest BCUT2D eigenvalue weighted by Gasteiger charge is 2.37. The number of carbonyl (C=O) groups is 2. The van der Waals surface area contributed by atoms with Crippen LogP contribution in [0.4, 0.5) is 0 Å². The van der Waals surface area contributed by atoms with Gasteiger partial charge in [-0.05, 0) is 32.6 Å². The quantitative estimate of drug-likeness (QED) is 0.771. The van der Waals surface area contributed by atoms with E-state index in [1.165, 1.54) is 0 Å². The minimum atomic E-state index is -0.895. The van der Waals surface area contributed by atoms with Crippen molar-refractivity contribution in [3.05, 3.63) is 0 Å². The van der Waals surface area contributed by atoms with Crippen molar-refractivity contribution in [2.45, 2.75) is 39.2 Å². The van der Waals surface area contributed by atoms with Crippen molar-refractivity contribution in [1.29, 1.82) is 0 Å². The molecule has 6 heteroatoms. The number of rotatable bonds is 5. The van der Waals surface area contributed by atoms with Gasteiger partial charge in [-0.1, -0.05) is 0 Å². The SMILES string of the molecule is CC(C)(C)ON1CC(CC(=O)O)C(CC(=O)O)C1. The van der Waals surface area contributed by atoms with Crippen LogP contribution in [0.3, 0.4) is 0 Å². The Morgan fingerprint density at radius 3 is 1.78 bits per heavy atom. The van der Waals surface area contributed by atoms with E-state index in [-0.39, 0.29) is 30.3 Å². The predicted octanol–water partition coefficient (Wildman–Crippen LogP) is 1.21. The van der Waals surface area contributed by atoms with Gasteiger partial charge in [-0.15, -0.1) is 0 Å². The second-order valence-electron chi connectivity index (χ2n) is 5.77. The summed E-state index contributed by atoms with van der Waals surface area (Å²) in [5.41, 5.74) is -0.355. The molecule has 1 saturated heterocycles. The molecule has 1 aliphatic heterocycles. The Kier molecular flexibility index (Phi) is 4.70. The van der Waals surface area contributed by atoms with Crippen LogP contribution in [0.15, 0.2) is 0 Å². The highest BCUT2D eigenvalue weighted by molar-refractivity contribution is 5.69. The topological polar surface area (TPSA) is 87.1 Å². The highest BCUT2D eigenvalue weighted by atomic mass is 16.7. The second kappa shape index (κ2) is 5.67. The summed E-state index contributed by atoms with van der Waals surface area (Å²) in [7, 11) is 0. The smallest absolute Gasteiger partial charge is 0.303 e. The van der Waals surface area contributed by atoms with Gasteiger partial charge in [-0.3, -0.25) is 14.4 Å². The lowest BCUT2D eigenvalue weighted by atomic mass is 9.90. The van der Waals surface area contributed by atoms with Gasteiger partial charge in [0.15, 0.2) is 0 Å². The zero-order valence-corrected chi connectivity index (χ0v) is 11.0. The summed E-state index contributed by atoms with van der Waals surface area (Å²) in [6, 6.07) is 0. The van der Waals surface area contributed by atoms with Gasteiger partial charge in [0.1, 0.15) is 0 Å². The summed E-state index contributed by atoms with van der Waals surface area (Å²) < 4.78 is 0. The molecule has 104 valence electrons. The molecule has 0 amide bonds. The molecule has 0 radical (unpaired) electrons. The Balaban J connectivity index is 2.63. The first-order chi connectivity index (χ1) is 8.17. The lowest BCUT2D eigenvalue weighted by Crippen LogP contribution is -2.32. The minimum Gasteiger partial charge on any atom is -0.481 e. The fourth-order valence-corrected chi connectivity index (χ4v) is 2.27. The van der Waals surface area contributed by atoms with Crippen molar-refractivity contribution in [3.63, 3.8) is 0 Å². The molecule has 2 N–H and O–H groups in total. The molecule has 1 fully saturated rings. The number of aliphatic carboxylic acids is 2. The number of carboxylic acids is 2. The molecule has 1 aliphatic rings. The summed E-state index contributed by atoms with van der Waals surface area (Å²) in [4.78, 5) is 27.2. The first kappa shape index (κ1) is 14.9. The third-order valence-electron chi connectivity index (χ3n) is 2.82. The average molecular weight is 259 g/mol. The number of nitrogens with zero attached hydrogens (tertiary/aromatic N) is 1. The van der Waals surface area contributed by atoms with E-state index in [1.54, 1.807) is 5.06 Å². The zero-order valence-electron chi connectivity index (χ0n) is 11.0. The van der Waals surface area contributed by atoms with Gasteiger partial charge in [0, 0.05) is 25.9 Å². The summed E-state index contributed by atoms with van der Waals surface area (Å²) >= 11 is 0. The Morgan fingerprint density at radius 1 is 1.11 bits per heavy atom. The Bertz CT molecular complexity index is 299. The fraction of sp³-hybridized carbons (Fsp3) is 0.833. The van der Waals surface area contributed by atoms with Gasteiger partial charge in [0.05, 0.1) is 5.60 Å². The second-order valence-corrected chi connectivity index (χ2v) is 5.77. The molecule has 2 atom stereocenters. The van der Waals surface area contributed by atoms with Gasteiger partial charge in [0.2, 0.25) is 0 Å². The average Bonchev–Trinajstić information content (AvgIpc) is 2.41. The Labute approximate surface area is 106 Å². The number of hydroxylamine groups is 2. The Hall–Kier alpha value is -1.14. The maximum Gasteiger partial charge on any atom is 0.303 e. The lowest BCUT2D eigenvalue weighted by Gasteiger charge is -2.26. The third kappa shape index (κ3) is 5.01. The monoisotopic (exact) mass is 259 g/mol. The van der Waals surface area contributed by atoms with Crippen molar-refractivity contribution >= 4 is 11.9 Å². The van der Waals surface area contributed by atoms with Crippen molar-refractivity contribution in [3.8, 4) is 0 Å². The zero-order chi connectivity index (χ0) is 13.9. The van der Waals surface area contributed by atoms with Crippen LogP contribution in [-0.2, 0) is 14.4 Å². The molecular weight excluding hydrogens is 238 g/mol. The Morgan fingerprint density at radius 2 is 1.50 bits per heavy atom. The molecule has 2 unspecified atom stereocenters. The summed E-state index contributed by atoms with van der Waals surface area (Å²) in [5, 5.41) is 19.4. The fourth-order valence-electron chi connectivity index (χ4n) is 2.27. The van der Waals surface area contributed by atoms with Crippen LogP contribution in [0.25, 0.3) is 0 Å². The van der Waals surface area contributed by atoms with E-state index in [9.17, 15) is 9.59 Å². The maximum absolute atomic E-state index is 10.8. The van der Waals surface area contributed by atoms with Crippen LogP contribution in [-0.4, -0.2) is 45.9 Å². The maximum atomic E-state index is 10.8. The van der Waals surface area contributed by atoms with E-state index >= 15 is 0 Å².